The van der Waals surface area contributed by atoms with Crippen molar-refractivity contribution in [2.75, 3.05) is 30.9 Å². The van der Waals surface area contributed by atoms with Crippen LogP contribution in [0.3, 0.4) is 0 Å². The van der Waals surface area contributed by atoms with Crippen LogP contribution in [-0.4, -0.2) is 50.6 Å². The van der Waals surface area contributed by atoms with Gasteiger partial charge in [-0.25, -0.2) is 12.7 Å². The maximum Gasteiger partial charge on any atom is 0.242 e. The Bertz CT molecular complexity index is 1190. The second-order valence-corrected chi connectivity index (χ2v) is 10.2. The van der Waals surface area contributed by atoms with Crippen molar-refractivity contribution in [3.8, 4) is 11.5 Å². The van der Waals surface area contributed by atoms with Crippen LogP contribution in [0.25, 0.3) is 0 Å². The van der Waals surface area contributed by atoms with Crippen LogP contribution in [0.1, 0.15) is 30.0 Å². The van der Waals surface area contributed by atoms with E-state index in [1.54, 1.807) is 18.2 Å². The molecule has 3 aliphatic rings. The van der Waals surface area contributed by atoms with E-state index in [2.05, 4.69) is 0 Å². The Morgan fingerprint density at radius 1 is 1.09 bits per heavy atom. The summed E-state index contributed by atoms with van der Waals surface area (Å²) in [5, 5.41) is 0. The van der Waals surface area contributed by atoms with Crippen molar-refractivity contribution in [2.24, 2.45) is 5.92 Å². The molecule has 8 nitrogen and oxygen atoms in total. The Morgan fingerprint density at radius 2 is 1.84 bits per heavy atom. The van der Waals surface area contributed by atoms with Crippen molar-refractivity contribution in [3.63, 3.8) is 0 Å². The average molecular weight is 457 g/mol. The highest BCUT2D eigenvalue weighted by Crippen LogP contribution is 2.40. The number of sulfonamides is 1. The third-order valence-corrected chi connectivity index (χ3v) is 7.42. The number of carbonyl (C=O) groups is 2. The highest BCUT2D eigenvalue weighted by Gasteiger charge is 2.44. The van der Waals surface area contributed by atoms with Crippen LogP contribution in [0.5, 0.6) is 11.5 Å². The van der Waals surface area contributed by atoms with Crippen LogP contribution >= 0.6 is 0 Å². The molecule has 2 unspecified atom stereocenters. The zero-order valence-corrected chi connectivity index (χ0v) is 18.5. The lowest BCUT2D eigenvalue weighted by Gasteiger charge is -2.29. The maximum atomic E-state index is 13.5. The predicted molar refractivity (Wildman–Crippen MR) is 117 cm³/mol. The summed E-state index contributed by atoms with van der Waals surface area (Å²) in [6.45, 7) is 1.02. The Balaban J connectivity index is 1.41. The SMILES string of the molecule is CS(=O)(=O)N(C(=O)C1CC(=O)N(c2ccc3c(c2)OCCO3)C1)C1CCc2ccccc21. The summed E-state index contributed by atoms with van der Waals surface area (Å²) in [4.78, 5) is 27.8. The van der Waals surface area contributed by atoms with Crippen LogP contribution < -0.4 is 14.4 Å². The average Bonchev–Trinajstić information content (AvgIpc) is 3.36. The van der Waals surface area contributed by atoms with E-state index in [0.717, 1.165) is 21.7 Å². The third-order valence-electron chi connectivity index (χ3n) is 6.27. The van der Waals surface area contributed by atoms with Gasteiger partial charge < -0.3 is 14.4 Å². The number of fused-ring (bicyclic) bond motifs is 2. The van der Waals surface area contributed by atoms with Gasteiger partial charge in [0.1, 0.15) is 13.2 Å². The van der Waals surface area contributed by atoms with Gasteiger partial charge in [0.25, 0.3) is 0 Å². The quantitative estimate of drug-likeness (QED) is 0.701. The molecule has 0 bridgehead atoms. The number of amides is 2. The van der Waals surface area contributed by atoms with Gasteiger partial charge in [-0.05, 0) is 36.1 Å². The van der Waals surface area contributed by atoms with E-state index in [-0.39, 0.29) is 18.9 Å². The molecule has 1 aliphatic carbocycles. The smallest absolute Gasteiger partial charge is 0.242 e. The summed E-state index contributed by atoms with van der Waals surface area (Å²) in [6, 6.07) is 12.3. The normalized spacial score (nSPS) is 22.0. The molecule has 9 heteroatoms. The lowest BCUT2D eigenvalue weighted by molar-refractivity contribution is -0.132. The van der Waals surface area contributed by atoms with Gasteiger partial charge in [-0.2, -0.15) is 0 Å². The Kier molecular flexibility index (Phi) is 5.08. The van der Waals surface area contributed by atoms with E-state index >= 15 is 0 Å². The number of carbonyl (C=O) groups excluding carboxylic acids is 2. The Morgan fingerprint density at radius 3 is 2.62 bits per heavy atom. The van der Waals surface area contributed by atoms with E-state index in [1.165, 1.54) is 4.90 Å². The van der Waals surface area contributed by atoms with Crippen LogP contribution in [0.15, 0.2) is 42.5 Å². The molecule has 168 valence electrons. The van der Waals surface area contributed by atoms with Gasteiger partial charge in [-0.15, -0.1) is 0 Å². The molecule has 2 heterocycles. The first-order chi connectivity index (χ1) is 15.3. The van der Waals surface area contributed by atoms with Crippen LogP contribution in [0, 0.1) is 5.92 Å². The second kappa shape index (κ2) is 7.81. The van der Waals surface area contributed by atoms with Crippen LogP contribution in [-0.2, 0) is 26.0 Å². The van der Waals surface area contributed by atoms with E-state index in [4.69, 9.17) is 9.47 Å². The molecule has 2 atom stereocenters. The first kappa shape index (κ1) is 20.8. The molecule has 0 N–H and O–H groups in total. The molecular weight excluding hydrogens is 432 g/mol. The summed E-state index contributed by atoms with van der Waals surface area (Å²) in [5.74, 6) is -0.319. The van der Waals surface area contributed by atoms with Gasteiger partial charge >= 0.3 is 0 Å². The molecule has 2 aromatic carbocycles. The molecule has 2 aromatic rings. The number of rotatable bonds is 4. The molecule has 0 spiro atoms. The van der Waals surface area contributed by atoms with Crippen molar-refractivity contribution in [2.45, 2.75) is 25.3 Å². The largest absolute Gasteiger partial charge is 0.486 e. The second-order valence-electron chi connectivity index (χ2n) is 8.38. The summed E-state index contributed by atoms with van der Waals surface area (Å²) < 4.78 is 37.5. The first-order valence-corrected chi connectivity index (χ1v) is 12.5. The highest BCUT2D eigenvalue weighted by atomic mass is 32.2. The molecule has 0 aromatic heterocycles. The molecular formula is C23H24N2O6S. The van der Waals surface area contributed by atoms with Crippen molar-refractivity contribution < 1.29 is 27.5 Å². The van der Waals surface area contributed by atoms with Crippen molar-refractivity contribution in [1.82, 2.24) is 4.31 Å². The molecule has 5 rings (SSSR count). The monoisotopic (exact) mass is 456 g/mol. The topological polar surface area (TPSA) is 93.2 Å². The molecule has 1 fully saturated rings. The van der Waals surface area contributed by atoms with Gasteiger partial charge in [0.15, 0.2) is 11.5 Å². The fourth-order valence-electron chi connectivity index (χ4n) is 4.83. The molecule has 0 radical (unpaired) electrons. The van der Waals surface area contributed by atoms with Crippen LogP contribution in [0.2, 0.25) is 0 Å². The minimum absolute atomic E-state index is 0.0341. The lowest BCUT2D eigenvalue weighted by atomic mass is 10.0. The molecule has 1 saturated heterocycles. The molecule has 0 saturated carbocycles. The lowest BCUT2D eigenvalue weighted by Crippen LogP contribution is -2.43. The number of hydrogen-bond acceptors (Lipinski definition) is 6. The van der Waals surface area contributed by atoms with Crippen molar-refractivity contribution in [1.29, 1.82) is 0 Å². The number of benzene rings is 2. The zero-order valence-electron chi connectivity index (χ0n) is 17.7. The van der Waals surface area contributed by atoms with E-state index in [9.17, 15) is 18.0 Å². The fourth-order valence-corrected chi connectivity index (χ4v) is 5.99. The number of anilines is 1. The van der Waals surface area contributed by atoms with E-state index < -0.39 is 27.9 Å². The van der Waals surface area contributed by atoms with Gasteiger partial charge in [-0.1, -0.05) is 24.3 Å². The van der Waals surface area contributed by atoms with Gasteiger partial charge in [0.2, 0.25) is 21.8 Å². The Labute approximate surface area is 186 Å². The summed E-state index contributed by atoms with van der Waals surface area (Å²) in [6.07, 6.45) is 2.28. The highest BCUT2D eigenvalue weighted by molar-refractivity contribution is 7.88. The molecule has 2 amide bonds. The number of ether oxygens (including phenoxy) is 2. The first-order valence-electron chi connectivity index (χ1n) is 10.6. The van der Waals surface area contributed by atoms with E-state index in [0.29, 0.717) is 43.2 Å². The van der Waals surface area contributed by atoms with Crippen LogP contribution in [0.4, 0.5) is 5.69 Å². The van der Waals surface area contributed by atoms with Gasteiger partial charge in [0.05, 0.1) is 18.2 Å². The Hall–Kier alpha value is -3.07. The van der Waals surface area contributed by atoms with Gasteiger partial charge in [-0.3, -0.25) is 9.59 Å². The summed E-state index contributed by atoms with van der Waals surface area (Å²) in [7, 11) is -3.82. The fraction of sp³-hybridized carbons (Fsp3) is 0.391. The molecule has 32 heavy (non-hydrogen) atoms. The minimum atomic E-state index is -3.82. The molecule has 2 aliphatic heterocycles. The number of nitrogens with zero attached hydrogens (tertiary/aromatic N) is 2. The van der Waals surface area contributed by atoms with E-state index in [1.807, 2.05) is 24.3 Å². The number of aryl methyl sites for hydroxylation is 1. The minimum Gasteiger partial charge on any atom is -0.486 e. The summed E-state index contributed by atoms with van der Waals surface area (Å²) in [5.41, 5.74) is 2.52. The predicted octanol–water partition coefficient (Wildman–Crippen LogP) is 2.29. The third kappa shape index (κ3) is 3.60. The summed E-state index contributed by atoms with van der Waals surface area (Å²) >= 11 is 0. The van der Waals surface area contributed by atoms with Crippen molar-refractivity contribution >= 4 is 27.5 Å². The van der Waals surface area contributed by atoms with Crippen molar-refractivity contribution in [3.05, 3.63) is 53.6 Å². The zero-order chi connectivity index (χ0) is 22.5. The maximum absolute atomic E-state index is 13.5. The van der Waals surface area contributed by atoms with Gasteiger partial charge in [0, 0.05) is 24.7 Å². The standard InChI is InChI=1S/C23H24N2O6S/c1-32(28,29)25(19-8-6-15-4-2-3-5-18(15)19)23(27)16-12-22(26)24(14-16)17-7-9-20-21(13-17)31-11-10-30-20/h2-5,7,9,13,16,19H,6,8,10-12,14H2,1H3. The number of hydrogen-bond donors (Lipinski definition) is 0.